The predicted octanol–water partition coefficient (Wildman–Crippen LogP) is 2.75. The molecule has 1 aromatic carbocycles. The second-order valence-electron chi connectivity index (χ2n) is 4.07. The molecule has 0 aliphatic carbocycles. The maximum Gasteiger partial charge on any atom is 0.337 e. The molecule has 21 heavy (non-hydrogen) atoms. The van der Waals surface area contributed by atoms with Crippen LogP contribution in [0.5, 0.6) is 0 Å². The van der Waals surface area contributed by atoms with Crippen molar-refractivity contribution < 1.29 is 19.4 Å². The van der Waals surface area contributed by atoms with E-state index in [1.807, 2.05) is 0 Å². The van der Waals surface area contributed by atoms with E-state index in [0.717, 1.165) is 6.42 Å². The molecule has 0 saturated heterocycles. The number of carboxylic acid groups (broad SMARTS) is 1. The first kappa shape index (κ1) is 17.0. The molecule has 0 heterocycles. The van der Waals surface area contributed by atoms with Crippen LogP contribution in [0.3, 0.4) is 0 Å². The third-order valence-electron chi connectivity index (χ3n) is 2.45. The van der Waals surface area contributed by atoms with Gasteiger partial charge in [-0.25, -0.2) is 9.59 Å². The molecule has 0 aliphatic heterocycles. The van der Waals surface area contributed by atoms with Crippen LogP contribution in [-0.2, 0) is 4.74 Å². The molecular formula is C14H17ClN2O4. The van der Waals surface area contributed by atoms with Crippen molar-refractivity contribution in [3.63, 3.8) is 0 Å². The Morgan fingerprint density at radius 3 is 2.81 bits per heavy atom. The summed E-state index contributed by atoms with van der Waals surface area (Å²) in [5.74, 6) is -1.15. The van der Waals surface area contributed by atoms with Gasteiger partial charge in [-0.2, -0.15) is 0 Å². The van der Waals surface area contributed by atoms with Gasteiger partial charge in [-0.05, 0) is 24.6 Å². The van der Waals surface area contributed by atoms with Crippen molar-refractivity contribution in [2.24, 2.45) is 0 Å². The summed E-state index contributed by atoms with van der Waals surface area (Å²) in [5.41, 5.74) is 0.282. The first-order valence-electron chi connectivity index (χ1n) is 6.31. The molecule has 0 unspecified atom stereocenters. The third-order valence-corrected chi connectivity index (χ3v) is 2.78. The van der Waals surface area contributed by atoms with Crippen molar-refractivity contribution in [3.05, 3.63) is 41.4 Å². The lowest BCUT2D eigenvalue weighted by molar-refractivity contribution is 0.0697. The fourth-order valence-electron chi connectivity index (χ4n) is 1.45. The summed E-state index contributed by atoms with van der Waals surface area (Å²) in [4.78, 5) is 22.5. The number of hydrogen-bond acceptors (Lipinski definition) is 3. The molecule has 2 amide bonds. The van der Waals surface area contributed by atoms with Crippen LogP contribution >= 0.6 is 11.6 Å². The van der Waals surface area contributed by atoms with Crippen molar-refractivity contribution in [1.29, 1.82) is 0 Å². The highest BCUT2D eigenvalue weighted by Crippen LogP contribution is 2.20. The topological polar surface area (TPSA) is 87.7 Å². The first-order chi connectivity index (χ1) is 10.0. The number of rotatable bonds is 8. The van der Waals surface area contributed by atoms with Gasteiger partial charge in [-0.3, -0.25) is 0 Å². The van der Waals surface area contributed by atoms with Gasteiger partial charge in [0.05, 0.1) is 23.8 Å². The number of amides is 2. The Hall–Kier alpha value is -2.05. The summed E-state index contributed by atoms with van der Waals surface area (Å²) in [6.07, 6.45) is 2.51. The van der Waals surface area contributed by atoms with Gasteiger partial charge < -0.3 is 20.5 Å². The normalized spacial score (nSPS) is 9.95. The van der Waals surface area contributed by atoms with Crippen LogP contribution in [0, 0.1) is 0 Å². The molecule has 0 bridgehead atoms. The number of anilines is 1. The average Bonchev–Trinajstić information content (AvgIpc) is 2.44. The Kier molecular flexibility index (Phi) is 7.28. The number of carbonyl (C=O) groups is 2. The molecular weight excluding hydrogens is 296 g/mol. The van der Waals surface area contributed by atoms with Gasteiger partial charge in [0.25, 0.3) is 0 Å². The van der Waals surface area contributed by atoms with E-state index >= 15 is 0 Å². The van der Waals surface area contributed by atoms with Crippen molar-refractivity contribution in [1.82, 2.24) is 5.32 Å². The van der Waals surface area contributed by atoms with E-state index in [9.17, 15) is 9.59 Å². The Labute approximate surface area is 127 Å². The molecule has 0 aliphatic rings. The van der Waals surface area contributed by atoms with Crippen molar-refractivity contribution in [3.8, 4) is 0 Å². The average molecular weight is 313 g/mol. The number of halogens is 1. The molecule has 0 fully saturated rings. The van der Waals surface area contributed by atoms with E-state index in [2.05, 4.69) is 17.2 Å². The SMILES string of the molecule is C=CCCOCCNC(=O)Nc1ccc(Cl)c(C(=O)O)c1. The van der Waals surface area contributed by atoms with Gasteiger partial charge in [0.15, 0.2) is 0 Å². The quantitative estimate of drug-likeness (QED) is 0.509. The minimum Gasteiger partial charge on any atom is -0.478 e. The number of nitrogens with one attached hydrogen (secondary N) is 2. The highest BCUT2D eigenvalue weighted by molar-refractivity contribution is 6.33. The Morgan fingerprint density at radius 2 is 2.14 bits per heavy atom. The largest absolute Gasteiger partial charge is 0.478 e. The second kappa shape index (κ2) is 8.99. The van der Waals surface area contributed by atoms with E-state index in [1.54, 1.807) is 6.08 Å². The van der Waals surface area contributed by atoms with Gasteiger partial charge in [-0.15, -0.1) is 6.58 Å². The minimum absolute atomic E-state index is 0.0674. The molecule has 1 rings (SSSR count). The van der Waals surface area contributed by atoms with E-state index in [1.165, 1.54) is 18.2 Å². The van der Waals surface area contributed by atoms with Crippen LogP contribution < -0.4 is 10.6 Å². The molecule has 6 nitrogen and oxygen atoms in total. The van der Waals surface area contributed by atoms with Crippen LogP contribution in [0.1, 0.15) is 16.8 Å². The molecule has 114 valence electrons. The van der Waals surface area contributed by atoms with Crippen molar-refractivity contribution in [2.45, 2.75) is 6.42 Å². The molecule has 0 spiro atoms. The molecule has 3 N–H and O–H groups in total. The number of aromatic carboxylic acids is 1. The lowest BCUT2D eigenvalue weighted by Crippen LogP contribution is -2.31. The van der Waals surface area contributed by atoms with Gasteiger partial charge in [0, 0.05) is 12.2 Å². The Bertz CT molecular complexity index is 520. The summed E-state index contributed by atoms with van der Waals surface area (Å²) < 4.78 is 5.23. The lowest BCUT2D eigenvalue weighted by Gasteiger charge is -2.09. The van der Waals surface area contributed by atoms with Gasteiger partial charge >= 0.3 is 12.0 Å². The maximum absolute atomic E-state index is 11.6. The fourth-order valence-corrected chi connectivity index (χ4v) is 1.65. The molecule has 0 aromatic heterocycles. The summed E-state index contributed by atoms with van der Waals surface area (Å²) in [6, 6.07) is 3.79. The molecule has 0 atom stereocenters. The number of urea groups is 1. The number of carbonyl (C=O) groups excluding carboxylic acids is 1. The summed E-state index contributed by atoms with van der Waals surface area (Å²) in [7, 11) is 0. The maximum atomic E-state index is 11.6. The van der Waals surface area contributed by atoms with Crippen molar-refractivity contribution in [2.75, 3.05) is 25.1 Å². The van der Waals surface area contributed by atoms with Crippen molar-refractivity contribution >= 4 is 29.3 Å². The second-order valence-corrected chi connectivity index (χ2v) is 4.48. The van der Waals surface area contributed by atoms with E-state index in [-0.39, 0.29) is 10.6 Å². The summed E-state index contributed by atoms with van der Waals surface area (Å²) in [6.45, 7) is 4.87. The molecule has 0 radical (unpaired) electrons. The number of benzene rings is 1. The lowest BCUT2D eigenvalue weighted by atomic mass is 10.2. The zero-order valence-electron chi connectivity index (χ0n) is 11.4. The number of carboxylic acids is 1. The zero-order chi connectivity index (χ0) is 15.7. The minimum atomic E-state index is -1.15. The van der Waals surface area contributed by atoms with Gasteiger partial charge in [0.1, 0.15) is 0 Å². The van der Waals surface area contributed by atoms with E-state index in [4.69, 9.17) is 21.4 Å². The first-order valence-corrected chi connectivity index (χ1v) is 6.68. The molecule has 7 heteroatoms. The standard InChI is InChI=1S/C14H17ClN2O4/c1-2-3-7-21-8-6-16-14(20)17-10-4-5-12(15)11(9-10)13(18)19/h2,4-5,9H,1,3,6-8H2,(H,18,19)(H2,16,17,20). The fraction of sp³-hybridized carbons (Fsp3) is 0.286. The summed E-state index contributed by atoms with van der Waals surface area (Å²) in [5, 5.41) is 14.2. The monoisotopic (exact) mass is 312 g/mol. The van der Waals surface area contributed by atoms with Crippen LogP contribution in [0.4, 0.5) is 10.5 Å². The van der Waals surface area contributed by atoms with Crippen LogP contribution in [0.2, 0.25) is 5.02 Å². The number of ether oxygens (including phenoxy) is 1. The smallest absolute Gasteiger partial charge is 0.337 e. The van der Waals surface area contributed by atoms with Gasteiger partial charge in [0.2, 0.25) is 0 Å². The molecule has 0 saturated carbocycles. The van der Waals surface area contributed by atoms with Crippen LogP contribution in [0.25, 0.3) is 0 Å². The highest BCUT2D eigenvalue weighted by atomic mass is 35.5. The van der Waals surface area contributed by atoms with Crippen LogP contribution in [0.15, 0.2) is 30.9 Å². The van der Waals surface area contributed by atoms with E-state index < -0.39 is 12.0 Å². The predicted molar refractivity (Wildman–Crippen MR) is 81.1 cm³/mol. The Morgan fingerprint density at radius 1 is 1.38 bits per heavy atom. The van der Waals surface area contributed by atoms with Gasteiger partial charge in [-0.1, -0.05) is 17.7 Å². The molecule has 1 aromatic rings. The summed E-state index contributed by atoms with van der Waals surface area (Å²) >= 11 is 5.74. The van der Waals surface area contributed by atoms with Crippen LogP contribution in [-0.4, -0.2) is 36.9 Å². The highest BCUT2D eigenvalue weighted by Gasteiger charge is 2.10. The zero-order valence-corrected chi connectivity index (χ0v) is 12.2. The van der Waals surface area contributed by atoms with E-state index in [0.29, 0.717) is 25.4 Å². The third kappa shape index (κ3) is 6.29. The number of hydrogen-bond donors (Lipinski definition) is 3. The Balaban J connectivity index is 2.39.